The van der Waals surface area contributed by atoms with Crippen molar-refractivity contribution in [1.29, 1.82) is 0 Å². The average molecular weight is 336 g/mol. The molecule has 3 rings (SSSR count). The number of allylic oxidation sites excluding steroid dienone is 2. The van der Waals surface area contributed by atoms with Crippen LogP contribution >= 0.6 is 0 Å². The number of carbonyl (C=O) groups is 1. The first kappa shape index (κ1) is 19.3. The predicted octanol–water partition coefficient (Wildman–Crippen LogP) is 3.44. The maximum atomic E-state index is 10.3. The Morgan fingerprint density at radius 3 is 2.25 bits per heavy atom. The van der Waals surface area contributed by atoms with Crippen LogP contribution in [0.1, 0.15) is 71.1 Å². The largest absolute Gasteiger partial charge is 0.386 e. The fourth-order valence-electron chi connectivity index (χ4n) is 3.93. The summed E-state index contributed by atoms with van der Waals surface area (Å²) in [4.78, 5) is 12.2. The number of piperidine rings is 1. The number of nitrogens with zero attached hydrogens (tertiary/aromatic N) is 1. The van der Waals surface area contributed by atoms with Crippen molar-refractivity contribution in [2.24, 2.45) is 5.92 Å². The number of nitrogens with one attached hydrogen (secondary N) is 2. The van der Waals surface area contributed by atoms with E-state index in [-0.39, 0.29) is 0 Å². The lowest BCUT2D eigenvalue weighted by atomic mass is 9.89. The maximum Gasteiger partial charge on any atom is 0.209 e. The van der Waals surface area contributed by atoms with E-state index < -0.39 is 0 Å². The molecule has 0 spiro atoms. The van der Waals surface area contributed by atoms with Gasteiger partial charge in [-0.25, -0.2) is 0 Å². The highest BCUT2D eigenvalue weighted by Crippen LogP contribution is 2.28. The summed E-state index contributed by atoms with van der Waals surface area (Å²) in [5, 5.41) is 6.86. The third-order valence-electron chi connectivity index (χ3n) is 5.80. The number of likely N-dealkylation sites (tertiary alicyclic amines) is 1. The second kappa shape index (κ2) is 10.8. The van der Waals surface area contributed by atoms with Crippen LogP contribution in [0.2, 0.25) is 0 Å². The van der Waals surface area contributed by atoms with Crippen molar-refractivity contribution in [3.63, 3.8) is 0 Å². The molecule has 2 aliphatic carbocycles. The van der Waals surface area contributed by atoms with Crippen LogP contribution in [0.25, 0.3) is 0 Å². The molecule has 0 bridgehead atoms. The highest BCUT2D eigenvalue weighted by Gasteiger charge is 2.17. The molecule has 1 amide bonds. The second-order valence-corrected chi connectivity index (χ2v) is 7.70. The first-order valence-electron chi connectivity index (χ1n) is 10.0. The SMILES string of the molecule is CC(NC1CCCCC1)=C1CCC1.CNCC1CCN(C=O)CC1. The fraction of sp³-hybridized carbons (Fsp3) is 0.850. The minimum Gasteiger partial charge on any atom is -0.386 e. The molecule has 0 atom stereocenters. The van der Waals surface area contributed by atoms with Crippen molar-refractivity contribution in [1.82, 2.24) is 15.5 Å². The number of rotatable bonds is 5. The van der Waals surface area contributed by atoms with Crippen molar-refractivity contribution in [3.8, 4) is 0 Å². The summed E-state index contributed by atoms with van der Waals surface area (Å²) in [7, 11) is 1.98. The summed E-state index contributed by atoms with van der Waals surface area (Å²) in [5.74, 6) is 0.774. The average Bonchev–Trinajstić information content (AvgIpc) is 2.56. The van der Waals surface area contributed by atoms with Gasteiger partial charge in [0.2, 0.25) is 6.41 Å². The molecule has 2 N–H and O–H groups in total. The molecule has 0 aromatic carbocycles. The minimum absolute atomic E-state index is 0.774. The van der Waals surface area contributed by atoms with E-state index in [1.165, 1.54) is 57.1 Å². The van der Waals surface area contributed by atoms with E-state index in [1.54, 1.807) is 5.57 Å². The van der Waals surface area contributed by atoms with E-state index in [0.717, 1.165) is 50.8 Å². The van der Waals surface area contributed by atoms with Crippen LogP contribution in [0.4, 0.5) is 0 Å². The van der Waals surface area contributed by atoms with Gasteiger partial charge >= 0.3 is 0 Å². The predicted molar refractivity (Wildman–Crippen MR) is 101 cm³/mol. The van der Waals surface area contributed by atoms with Gasteiger partial charge in [0.05, 0.1) is 0 Å². The van der Waals surface area contributed by atoms with Gasteiger partial charge in [-0.1, -0.05) is 24.8 Å². The Labute approximate surface area is 148 Å². The quantitative estimate of drug-likeness (QED) is 0.757. The Bertz CT molecular complexity index is 388. The smallest absolute Gasteiger partial charge is 0.209 e. The number of hydrogen-bond acceptors (Lipinski definition) is 3. The van der Waals surface area contributed by atoms with Gasteiger partial charge < -0.3 is 15.5 Å². The molecule has 1 heterocycles. The summed E-state index contributed by atoms with van der Waals surface area (Å²) in [6, 6.07) is 0.793. The third-order valence-corrected chi connectivity index (χ3v) is 5.80. The Kier molecular flexibility index (Phi) is 8.65. The van der Waals surface area contributed by atoms with Gasteiger partial charge in [-0.05, 0) is 71.4 Å². The van der Waals surface area contributed by atoms with Crippen molar-refractivity contribution in [2.45, 2.75) is 77.2 Å². The van der Waals surface area contributed by atoms with Gasteiger partial charge in [0.25, 0.3) is 0 Å². The lowest BCUT2D eigenvalue weighted by Crippen LogP contribution is -2.35. The van der Waals surface area contributed by atoms with Gasteiger partial charge in [0, 0.05) is 24.8 Å². The molecular weight excluding hydrogens is 298 g/mol. The van der Waals surface area contributed by atoms with E-state index in [9.17, 15) is 4.79 Å². The molecule has 4 heteroatoms. The van der Waals surface area contributed by atoms with Crippen molar-refractivity contribution in [3.05, 3.63) is 11.3 Å². The van der Waals surface area contributed by atoms with E-state index in [2.05, 4.69) is 17.6 Å². The van der Waals surface area contributed by atoms with Gasteiger partial charge in [0.1, 0.15) is 0 Å². The summed E-state index contributed by atoms with van der Waals surface area (Å²) in [6.45, 7) is 5.24. The van der Waals surface area contributed by atoms with E-state index in [1.807, 2.05) is 11.9 Å². The van der Waals surface area contributed by atoms with Crippen LogP contribution in [-0.2, 0) is 4.79 Å². The van der Waals surface area contributed by atoms with Crippen molar-refractivity contribution < 1.29 is 4.79 Å². The topological polar surface area (TPSA) is 44.4 Å². The molecule has 0 radical (unpaired) electrons. The Morgan fingerprint density at radius 2 is 1.75 bits per heavy atom. The summed E-state index contributed by atoms with van der Waals surface area (Å²) < 4.78 is 0. The standard InChI is InChI=1S/C12H21N.C8H16N2O/c1-10(11-6-5-7-11)13-12-8-3-2-4-9-12;1-9-6-8-2-4-10(7-11)5-3-8/h12-13H,2-9H2,1H3;7-9H,2-6H2,1H3. The first-order valence-corrected chi connectivity index (χ1v) is 10.0. The number of carbonyl (C=O) groups excluding carboxylic acids is 1. The Morgan fingerprint density at radius 1 is 1.08 bits per heavy atom. The van der Waals surface area contributed by atoms with Gasteiger partial charge in [-0.15, -0.1) is 0 Å². The monoisotopic (exact) mass is 335 g/mol. The van der Waals surface area contributed by atoms with Crippen LogP contribution in [0.15, 0.2) is 11.3 Å². The normalized spacial score (nSPS) is 22.2. The van der Waals surface area contributed by atoms with Crippen LogP contribution < -0.4 is 10.6 Å². The molecule has 0 aromatic heterocycles. The Hall–Kier alpha value is -1.03. The van der Waals surface area contributed by atoms with Gasteiger partial charge in [0.15, 0.2) is 0 Å². The fourth-order valence-corrected chi connectivity index (χ4v) is 3.93. The van der Waals surface area contributed by atoms with Gasteiger partial charge in [-0.2, -0.15) is 0 Å². The maximum absolute atomic E-state index is 10.3. The number of hydrogen-bond donors (Lipinski definition) is 2. The molecule has 0 unspecified atom stereocenters. The minimum atomic E-state index is 0.774. The highest BCUT2D eigenvalue weighted by molar-refractivity contribution is 5.47. The molecule has 2 saturated carbocycles. The molecule has 1 saturated heterocycles. The van der Waals surface area contributed by atoms with Crippen molar-refractivity contribution in [2.75, 3.05) is 26.7 Å². The third kappa shape index (κ3) is 6.46. The molecule has 4 nitrogen and oxygen atoms in total. The zero-order valence-corrected chi connectivity index (χ0v) is 15.8. The van der Waals surface area contributed by atoms with Crippen LogP contribution in [0, 0.1) is 5.92 Å². The molecule has 1 aliphatic heterocycles. The zero-order valence-electron chi connectivity index (χ0n) is 15.8. The lowest BCUT2D eigenvalue weighted by Gasteiger charge is -2.28. The summed E-state index contributed by atoms with van der Waals surface area (Å²) in [5.41, 5.74) is 3.18. The second-order valence-electron chi connectivity index (χ2n) is 7.70. The highest BCUT2D eigenvalue weighted by atomic mass is 16.1. The summed E-state index contributed by atoms with van der Waals surface area (Å²) in [6.07, 6.45) is 14.5. The number of amides is 1. The van der Waals surface area contributed by atoms with E-state index in [4.69, 9.17) is 0 Å². The van der Waals surface area contributed by atoms with E-state index >= 15 is 0 Å². The lowest BCUT2D eigenvalue weighted by molar-refractivity contribution is -0.119. The molecular formula is C20H37N3O. The Balaban J connectivity index is 0.000000177. The summed E-state index contributed by atoms with van der Waals surface area (Å²) >= 11 is 0. The van der Waals surface area contributed by atoms with Crippen LogP contribution in [0.3, 0.4) is 0 Å². The molecule has 0 aromatic rings. The van der Waals surface area contributed by atoms with Gasteiger partial charge in [-0.3, -0.25) is 4.79 Å². The zero-order chi connectivity index (χ0) is 17.2. The van der Waals surface area contributed by atoms with Crippen LogP contribution in [-0.4, -0.2) is 44.0 Å². The van der Waals surface area contributed by atoms with Crippen molar-refractivity contribution >= 4 is 6.41 Å². The molecule has 3 aliphatic rings. The molecule has 3 fully saturated rings. The molecule has 138 valence electrons. The van der Waals surface area contributed by atoms with Crippen LogP contribution in [0.5, 0.6) is 0 Å². The van der Waals surface area contributed by atoms with E-state index in [0.29, 0.717) is 0 Å². The first-order chi connectivity index (χ1) is 11.7. The molecule has 24 heavy (non-hydrogen) atoms.